The molecular weight excluding hydrogens is 254 g/mol. The summed E-state index contributed by atoms with van der Waals surface area (Å²) in [5.41, 5.74) is 2.54. The van der Waals surface area contributed by atoms with E-state index in [0.29, 0.717) is 17.1 Å². The molecule has 1 aliphatic rings. The molecule has 1 aromatic carbocycles. The van der Waals surface area contributed by atoms with E-state index in [1.54, 1.807) is 4.57 Å². The third-order valence-corrected chi connectivity index (χ3v) is 3.76. The molecule has 0 atom stereocenters. The highest BCUT2D eigenvalue weighted by atomic mass is 16.4. The number of nitrogens with zero attached hydrogens (tertiary/aromatic N) is 3. The first-order valence-corrected chi connectivity index (χ1v) is 6.70. The lowest BCUT2D eigenvalue weighted by Gasteiger charge is -1.98. The van der Waals surface area contributed by atoms with Gasteiger partial charge in [0.1, 0.15) is 5.82 Å². The smallest absolute Gasteiger partial charge is 0.283 e. The Morgan fingerprint density at radius 2 is 2.10 bits per heavy atom. The Bertz CT molecular complexity index is 876. The molecule has 4 rings (SSSR count). The summed E-state index contributed by atoms with van der Waals surface area (Å²) < 4.78 is 7.41. The summed E-state index contributed by atoms with van der Waals surface area (Å²) in [6, 6.07) is 7.82. The zero-order valence-corrected chi connectivity index (χ0v) is 11.1. The fraction of sp³-hybridized carbons (Fsp3) is 0.267. The van der Waals surface area contributed by atoms with E-state index in [1.165, 1.54) is 0 Å². The van der Waals surface area contributed by atoms with Gasteiger partial charge in [-0.1, -0.05) is 18.2 Å². The van der Waals surface area contributed by atoms with Crippen LogP contribution in [-0.4, -0.2) is 14.5 Å². The van der Waals surface area contributed by atoms with Gasteiger partial charge in [0, 0.05) is 18.5 Å². The van der Waals surface area contributed by atoms with E-state index in [1.807, 2.05) is 31.2 Å². The zero-order valence-electron chi connectivity index (χ0n) is 11.1. The second-order valence-corrected chi connectivity index (χ2v) is 5.08. The molecule has 0 radical (unpaired) electrons. The third-order valence-electron chi connectivity index (χ3n) is 3.76. The highest BCUT2D eigenvalue weighted by molar-refractivity contribution is 5.72. The lowest BCUT2D eigenvalue weighted by atomic mass is 10.1. The summed E-state index contributed by atoms with van der Waals surface area (Å²) in [5.74, 6) is 1.27. The SMILES string of the molecule is Cc1ccccc1-c1nc2c(=O)n3c(nc2o1)CCC3. The van der Waals surface area contributed by atoms with Crippen molar-refractivity contribution in [3.63, 3.8) is 0 Å². The Labute approximate surface area is 114 Å². The predicted octanol–water partition coefficient (Wildman–Crippen LogP) is 2.31. The van der Waals surface area contributed by atoms with E-state index in [4.69, 9.17) is 4.42 Å². The minimum Gasteiger partial charge on any atom is -0.417 e. The van der Waals surface area contributed by atoms with Crippen LogP contribution in [0, 0.1) is 6.92 Å². The van der Waals surface area contributed by atoms with Gasteiger partial charge in [0.15, 0.2) is 5.52 Å². The molecule has 5 heteroatoms. The molecule has 0 saturated carbocycles. The zero-order chi connectivity index (χ0) is 13.7. The summed E-state index contributed by atoms with van der Waals surface area (Å²) in [6.07, 6.45) is 1.78. The third kappa shape index (κ3) is 1.52. The maximum absolute atomic E-state index is 12.4. The van der Waals surface area contributed by atoms with Crippen LogP contribution in [0.15, 0.2) is 33.5 Å². The molecule has 0 unspecified atom stereocenters. The first-order valence-electron chi connectivity index (χ1n) is 6.70. The van der Waals surface area contributed by atoms with Crippen molar-refractivity contribution in [3.05, 3.63) is 46.0 Å². The molecule has 100 valence electrons. The summed E-state index contributed by atoms with van der Waals surface area (Å²) in [4.78, 5) is 21.1. The molecular formula is C15H13N3O2. The lowest BCUT2D eigenvalue weighted by molar-refractivity contribution is 0.601. The highest BCUT2D eigenvalue weighted by Crippen LogP contribution is 2.25. The normalized spacial score (nSPS) is 13.8. The van der Waals surface area contributed by atoms with E-state index in [9.17, 15) is 4.79 Å². The van der Waals surface area contributed by atoms with Gasteiger partial charge in [0.25, 0.3) is 11.3 Å². The van der Waals surface area contributed by atoms with Gasteiger partial charge in [-0.2, -0.15) is 4.98 Å². The number of rotatable bonds is 1. The number of oxazole rings is 1. The summed E-state index contributed by atoms with van der Waals surface area (Å²) in [7, 11) is 0. The van der Waals surface area contributed by atoms with E-state index in [0.717, 1.165) is 36.3 Å². The molecule has 0 fully saturated rings. The number of aryl methyl sites for hydroxylation is 2. The second-order valence-electron chi connectivity index (χ2n) is 5.08. The maximum atomic E-state index is 12.4. The van der Waals surface area contributed by atoms with Crippen LogP contribution < -0.4 is 5.56 Å². The first-order chi connectivity index (χ1) is 9.74. The van der Waals surface area contributed by atoms with Crippen molar-refractivity contribution in [2.75, 3.05) is 0 Å². The standard InChI is InChI=1S/C15H13N3O2/c1-9-5-2-3-6-10(9)13-17-12-14(20-13)16-11-7-4-8-18(11)15(12)19/h2-3,5-6H,4,7-8H2,1H3. The van der Waals surface area contributed by atoms with Crippen molar-refractivity contribution in [1.82, 2.24) is 14.5 Å². The van der Waals surface area contributed by atoms with Crippen molar-refractivity contribution in [2.45, 2.75) is 26.3 Å². The molecule has 0 N–H and O–H groups in total. The Kier molecular flexibility index (Phi) is 2.30. The molecule has 20 heavy (non-hydrogen) atoms. The first kappa shape index (κ1) is 11.4. The summed E-state index contributed by atoms with van der Waals surface area (Å²) in [5, 5.41) is 0. The average molecular weight is 267 g/mol. The average Bonchev–Trinajstić information content (AvgIpc) is 3.06. The molecule has 1 aliphatic heterocycles. The van der Waals surface area contributed by atoms with Crippen LogP contribution in [0.2, 0.25) is 0 Å². The minimum atomic E-state index is -0.0916. The van der Waals surface area contributed by atoms with Gasteiger partial charge in [0.05, 0.1) is 0 Å². The summed E-state index contributed by atoms with van der Waals surface area (Å²) >= 11 is 0. The number of benzene rings is 1. The van der Waals surface area contributed by atoms with Gasteiger partial charge in [0.2, 0.25) is 5.89 Å². The second kappa shape index (κ2) is 4.03. The van der Waals surface area contributed by atoms with Crippen LogP contribution in [0.25, 0.3) is 22.7 Å². The maximum Gasteiger partial charge on any atom is 0.283 e. The number of aromatic nitrogens is 3. The van der Waals surface area contributed by atoms with Gasteiger partial charge in [-0.25, -0.2) is 4.98 Å². The molecule has 2 aromatic heterocycles. The molecule has 0 amide bonds. The summed E-state index contributed by atoms with van der Waals surface area (Å²) in [6.45, 7) is 2.72. The Morgan fingerprint density at radius 3 is 2.95 bits per heavy atom. The predicted molar refractivity (Wildman–Crippen MR) is 74.6 cm³/mol. The van der Waals surface area contributed by atoms with Crippen molar-refractivity contribution >= 4 is 11.2 Å². The van der Waals surface area contributed by atoms with Gasteiger partial charge in [-0.3, -0.25) is 9.36 Å². The van der Waals surface area contributed by atoms with Gasteiger partial charge >= 0.3 is 0 Å². The molecule has 3 aromatic rings. The van der Waals surface area contributed by atoms with Crippen molar-refractivity contribution in [2.24, 2.45) is 0 Å². The van der Waals surface area contributed by atoms with Crippen LogP contribution in [0.4, 0.5) is 0 Å². The highest BCUT2D eigenvalue weighted by Gasteiger charge is 2.20. The fourth-order valence-electron chi connectivity index (χ4n) is 2.69. The van der Waals surface area contributed by atoms with Crippen LogP contribution in [0.3, 0.4) is 0 Å². The van der Waals surface area contributed by atoms with Crippen LogP contribution >= 0.6 is 0 Å². The van der Waals surface area contributed by atoms with Crippen LogP contribution in [0.5, 0.6) is 0 Å². The van der Waals surface area contributed by atoms with Gasteiger partial charge in [-0.15, -0.1) is 0 Å². The Hall–Kier alpha value is -2.43. The molecule has 0 saturated heterocycles. The van der Waals surface area contributed by atoms with Crippen LogP contribution in [-0.2, 0) is 13.0 Å². The van der Waals surface area contributed by atoms with E-state index in [-0.39, 0.29) is 5.56 Å². The van der Waals surface area contributed by atoms with Gasteiger partial charge < -0.3 is 4.42 Å². The molecule has 0 spiro atoms. The lowest BCUT2D eigenvalue weighted by Crippen LogP contribution is -2.20. The topological polar surface area (TPSA) is 60.9 Å². The minimum absolute atomic E-state index is 0.0916. The number of hydrogen-bond donors (Lipinski definition) is 0. The molecule has 3 heterocycles. The van der Waals surface area contributed by atoms with E-state index >= 15 is 0 Å². The van der Waals surface area contributed by atoms with Crippen molar-refractivity contribution < 1.29 is 4.42 Å². The molecule has 0 bridgehead atoms. The molecule has 0 aliphatic carbocycles. The Morgan fingerprint density at radius 1 is 1.25 bits per heavy atom. The fourth-order valence-corrected chi connectivity index (χ4v) is 2.69. The van der Waals surface area contributed by atoms with E-state index < -0.39 is 0 Å². The molecule has 5 nitrogen and oxygen atoms in total. The van der Waals surface area contributed by atoms with Crippen molar-refractivity contribution in [1.29, 1.82) is 0 Å². The number of fused-ring (bicyclic) bond motifs is 2. The quantitative estimate of drug-likeness (QED) is 0.678. The Balaban J connectivity index is 1.99. The number of hydrogen-bond acceptors (Lipinski definition) is 4. The monoisotopic (exact) mass is 267 g/mol. The van der Waals surface area contributed by atoms with Crippen molar-refractivity contribution in [3.8, 4) is 11.5 Å². The van der Waals surface area contributed by atoms with Crippen LogP contribution in [0.1, 0.15) is 17.8 Å². The van der Waals surface area contributed by atoms with Gasteiger partial charge in [-0.05, 0) is 25.0 Å². The van der Waals surface area contributed by atoms with E-state index in [2.05, 4.69) is 9.97 Å². The largest absolute Gasteiger partial charge is 0.417 e.